The molecule has 4 aromatic carbocycles. The third-order valence-electron chi connectivity index (χ3n) is 8.15. The number of carbonyl (C=O) groups excluding carboxylic acids is 1. The maximum atomic E-state index is 13.0. The molecule has 0 bridgehead atoms. The van der Waals surface area contributed by atoms with Crippen LogP contribution in [0.2, 0.25) is 0 Å². The van der Waals surface area contributed by atoms with Gasteiger partial charge in [-0.2, -0.15) is 0 Å². The molecule has 6 rings (SSSR count). The van der Waals surface area contributed by atoms with Crippen molar-refractivity contribution in [1.29, 1.82) is 0 Å². The van der Waals surface area contributed by atoms with Crippen molar-refractivity contribution in [3.8, 4) is 11.1 Å². The standard InChI is InChI=1S/C33H33NO3/c35-20-26-18-25(26)19-27(16-14-22-13-15-23-7-1-2-8-24(23)17-22)34-33(36)37-21-32-30-11-5-3-9-28(30)29-10-4-6-12-31(29)32/h1-13,15,17,25-27,32,35H,14,16,18-21H2,(H,34,36)/t25-,26+,27+/m0/s1. The monoisotopic (exact) mass is 491 g/mol. The molecule has 2 aliphatic carbocycles. The van der Waals surface area contributed by atoms with Crippen LogP contribution in [0.25, 0.3) is 21.9 Å². The van der Waals surface area contributed by atoms with E-state index in [4.69, 9.17) is 4.74 Å². The molecule has 0 aliphatic heterocycles. The third-order valence-corrected chi connectivity index (χ3v) is 8.15. The summed E-state index contributed by atoms with van der Waals surface area (Å²) in [6, 6.07) is 31.8. The number of amides is 1. The summed E-state index contributed by atoms with van der Waals surface area (Å²) in [7, 11) is 0. The molecule has 3 atom stereocenters. The first kappa shape index (κ1) is 23.7. The number of alkyl carbamates (subject to hydrolysis) is 1. The summed E-state index contributed by atoms with van der Waals surface area (Å²) in [6.45, 7) is 0.549. The highest BCUT2D eigenvalue weighted by Gasteiger charge is 2.38. The molecule has 1 saturated carbocycles. The Labute approximate surface area is 218 Å². The maximum absolute atomic E-state index is 13.0. The van der Waals surface area contributed by atoms with Gasteiger partial charge in [0.25, 0.3) is 0 Å². The Kier molecular flexibility index (Phi) is 6.67. The van der Waals surface area contributed by atoms with E-state index >= 15 is 0 Å². The van der Waals surface area contributed by atoms with Crippen LogP contribution in [0, 0.1) is 11.8 Å². The quantitative estimate of drug-likeness (QED) is 0.274. The van der Waals surface area contributed by atoms with Gasteiger partial charge < -0.3 is 15.2 Å². The first-order valence-electron chi connectivity index (χ1n) is 13.4. The zero-order valence-corrected chi connectivity index (χ0v) is 21.0. The van der Waals surface area contributed by atoms with Crippen LogP contribution in [-0.2, 0) is 11.2 Å². The normalized spacial score (nSPS) is 18.7. The zero-order chi connectivity index (χ0) is 25.2. The number of aliphatic hydroxyl groups is 1. The van der Waals surface area contributed by atoms with Crippen LogP contribution < -0.4 is 5.32 Å². The minimum atomic E-state index is -0.355. The molecular weight excluding hydrogens is 458 g/mol. The molecule has 0 unspecified atom stereocenters. The summed E-state index contributed by atoms with van der Waals surface area (Å²) >= 11 is 0. The summed E-state index contributed by atoms with van der Waals surface area (Å²) in [5, 5.41) is 15.2. The number of rotatable bonds is 9. The fourth-order valence-corrected chi connectivity index (χ4v) is 5.98. The lowest BCUT2D eigenvalue weighted by atomic mass is 9.98. The molecule has 2 aliphatic rings. The van der Waals surface area contributed by atoms with Crippen LogP contribution in [0.5, 0.6) is 0 Å². The van der Waals surface area contributed by atoms with Crippen molar-refractivity contribution < 1.29 is 14.6 Å². The van der Waals surface area contributed by atoms with Crippen molar-refractivity contribution in [2.75, 3.05) is 13.2 Å². The molecule has 2 N–H and O–H groups in total. The highest BCUT2D eigenvalue weighted by Crippen LogP contribution is 2.44. The van der Waals surface area contributed by atoms with Gasteiger partial charge in [0, 0.05) is 18.6 Å². The number of aliphatic hydroxyl groups excluding tert-OH is 1. The van der Waals surface area contributed by atoms with Crippen LogP contribution >= 0.6 is 0 Å². The van der Waals surface area contributed by atoms with Crippen LogP contribution in [0.15, 0.2) is 91.0 Å². The van der Waals surface area contributed by atoms with Gasteiger partial charge in [-0.25, -0.2) is 4.79 Å². The number of fused-ring (bicyclic) bond motifs is 4. The number of nitrogens with one attached hydrogen (secondary N) is 1. The fraction of sp³-hybridized carbons (Fsp3) is 0.303. The van der Waals surface area contributed by atoms with E-state index < -0.39 is 0 Å². The zero-order valence-electron chi connectivity index (χ0n) is 21.0. The van der Waals surface area contributed by atoms with Gasteiger partial charge in [-0.05, 0) is 76.1 Å². The smallest absolute Gasteiger partial charge is 0.407 e. The van der Waals surface area contributed by atoms with Crippen LogP contribution in [0.4, 0.5) is 4.79 Å². The van der Waals surface area contributed by atoms with Crippen molar-refractivity contribution in [2.24, 2.45) is 11.8 Å². The molecule has 1 fully saturated rings. The van der Waals surface area contributed by atoms with E-state index in [1.54, 1.807) is 0 Å². The summed E-state index contributed by atoms with van der Waals surface area (Å²) in [6.07, 6.45) is 3.29. The molecule has 4 nitrogen and oxygen atoms in total. The highest BCUT2D eigenvalue weighted by atomic mass is 16.5. The van der Waals surface area contributed by atoms with E-state index in [0.717, 1.165) is 25.7 Å². The van der Waals surface area contributed by atoms with E-state index in [9.17, 15) is 9.90 Å². The lowest BCUT2D eigenvalue weighted by Crippen LogP contribution is -2.37. The van der Waals surface area contributed by atoms with Gasteiger partial charge in [0.15, 0.2) is 0 Å². The van der Waals surface area contributed by atoms with Crippen molar-refractivity contribution in [3.63, 3.8) is 0 Å². The predicted octanol–water partition coefficient (Wildman–Crippen LogP) is 6.70. The Morgan fingerprint density at radius 2 is 1.54 bits per heavy atom. The average Bonchev–Trinajstić information content (AvgIpc) is 3.62. The maximum Gasteiger partial charge on any atom is 0.407 e. The predicted molar refractivity (Wildman–Crippen MR) is 148 cm³/mol. The first-order chi connectivity index (χ1) is 18.2. The van der Waals surface area contributed by atoms with Crippen molar-refractivity contribution >= 4 is 16.9 Å². The Balaban J connectivity index is 1.11. The van der Waals surface area contributed by atoms with Gasteiger partial charge in [0.05, 0.1) is 0 Å². The number of carbonyl (C=O) groups is 1. The Morgan fingerprint density at radius 3 is 2.24 bits per heavy atom. The van der Waals surface area contributed by atoms with Gasteiger partial charge in [0.1, 0.15) is 6.61 Å². The van der Waals surface area contributed by atoms with Gasteiger partial charge in [-0.15, -0.1) is 0 Å². The number of benzene rings is 4. The SMILES string of the molecule is O=C(N[C@H](CCc1ccc2ccccc2c1)C[C@@H]1C[C@@H]1CO)OCC1c2ccccc2-c2ccccc21. The Morgan fingerprint density at radius 1 is 0.865 bits per heavy atom. The van der Waals surface area contributed by atoms with Gasteiger partial charge >= 0.3 is 6.09 Å². The minimum Gasteiger partial charge on any atom is -0.449 e. The van der Waals surface area contributed by atoms with Gasteiger partial charge in [0.2, 0.25) is 0 Å². The molecule has 0 heterocycles. The summed E-state index contributed by atoms with van der Waals surface area (Å²) < 4.78 is 5.84. The van der Waals surface area contributed by atoms with Gasteiger partial charge in [-0.1, -0.05) is 91.0 Å². The van der Waals surface area contributed by atoms with E-state index in [2.05, 4.69) is 84.2 Å². The van der Waals surface area contributed by atoms with Crippen LogP contribution in [-0.4, -0.2) is 30.5 Å². The second kappa shape index (κ2) is 10.4. The first-order valence-corrected chi connectivity index (χ1v) is 13.4. The number of hydrogen-bond acceptors (Lipinski definition) is 3. The molecular formula is C33H33NO3. The Bertz CT molecular complexity index is 1370. The van der Waals surface area contributed by atoms with Gasteiger partial charge in [-0.3, -0.25) is 0 Å². The summed E-state index contributed by atoms with van der Waals surface area (Å²) in [5.41, 5.74) is 6.15. The number of aryl methyl sites for hydroxylation is 1. The summed E-state index contributed by atoms with van der Waals surface area (Å²) in [4.78, 5) is 13.0. The van der Waals surface area contributed by atoms with Crippen LogP contribution in [0.3, 0.4) is 0 Å². The molecule has 4 heteroatoms. The molecule has 37 heavy (non-hydrogen) atoms. The van der Waals surface area contributed by atoms with E-state index in [1.807, 2.05) is 12.1 Å². The minimum absolute atomic E-state index is 0.0173. The van der Waals surface area contributed by atoms with E-state index in [1.165, 1.54) is 38.6 Å². The molecule has 4 aromatic rings. The molecule has 0 saturated heterocycles. The fourth-order valence-electron chi connectivity index (χ4n) is 5.98. The summed E-state index contributed by atoms with van der Waals surface area (Å²) in [5.74, 6) is 0.893. The molecule has 0 radical (unpaired) electrons. The number of hydrogen-bond donors (Lipinski definition) is 2. The Hall–Kier alpha value is -3.63. The second-order valence-electron chi connectivity index (χ2n) is 10.6. The van der Waals surface area contributed by atoms with Crippen molar-refractivity contribution in [1.82, 2.24) is 5.32 Å². The van der Waals surface area contributed by atoms with Crippen LogP contribution in [0.1, 0.15) is 41.9 Å². The molecule has 0 aromatic heterocycles. The third kappa shape index (κ3) is 5.12. The highest BCUT2D eigenvalue weighted by molar-refractivity contribution is 5.83. The molecule has 1 amide bonds. The largest absolute Gasteiger partial charge is 0.449 e. The lowest BCUT2D eigenvalue weighted by Gasteiger charge is -2.20. The number of ether oxygens (including phenoxy) is 1. The average molecular weight is 492 g/mol. The second-order valence-corrected chi connectivity index (χ2v) is 10.6. The van der Waals surface area contributed by atoms with Crippen molar-refractivity contribution in [2.45, 2.75) is 37.6 Å². The molecule has 0 spiro atoms. The molecule has 188 valence electrons. The van der Waals surface area contributed by atoms with E-state index in [0.29, 0.717) is 18.4 Å². The van der Waals surface area contributed by atoms with E-state index in [-0.39, 0.29) is 24.7 Å². The van der Waals surface area contributed by atoms with Crippen molar-refractivity contribution in [3.05, 3.63) is 108 Å². The lowest BCUT2D eigenvalue weighted by molar-refractivity contribution is 0.137. The topological polar surface area (TPSA) is 58.6 Å².